The van der Waals surface area contributed by atoms with E-state index >= 15 is 4.39 Å². The number of fused-ring (bicyclic) bond motifs is 4. The Morgan fingerprint density at radius 3 is 2.67 bits per heavy atom. The summed E-state index contributed by atoms with van der Waals surface area (Å²) in [5, 5.41) is 0. The number of ether oxygens (including phenoxy) is 2. The van der Waals surface area contributed by atoms with E-state index in [0.717, 1.165) is 0 Å². The van der Waals surface area contributed by atoms with Crippen LogP contribution in [-0.2, 0) is 10.3 Å². The second kappa shape index (κ2) is 6.28. The summed E-state index contributed by atoms with van der Waals surface area (Å²) >= 11 is 0. The van der Waals surface area contributed by atoms with Gasteiger partial charge in [0.1, 0.15) is 23.1 Å². The number of amides is 1. The van der Waals surface area contributed by atoms with Gasteiger partial charge in [-0.1, -0.05) is 18.2 Å². The minimum Gasteiger partial charge on any atom is -0.495 e. The second-order valence-corrected chi connectivity index (χ2v) is 7.08. The Morgan fingerprint density at radius 1 is 1.13 bits per heavy atom. The Hall–Kier alpha value is -3.94. The molecule has 7 nitrogen and oxygen atoms in total. The Labute approximate surface area is 171 Å². The monoisotopic (exact) mass is 404 g/mol. The molecule has 1 spiro atoms. The topological polar surface area (TPSA) is 90.0 Å². The lowest BCUT2D eigenvalue weighted by atomic mass is 9.79. The van der Waals surface area contributed by atoms with Gasteiger partial charge in [-0.2, -0.15) is 0 Å². The molecule has 1 atom stereocenters. The Kier molecular flexibility index (Phi) is 3.79. The number of methoxy groups -OCH3 is 1. The highest BCUT2D eigenvalue weighted by Gasteiger charge is 2.54. The fourth-order valence-electron chi connectivity index (χ4n) is 3.93. The van der Waals surface area contributed by atoms with E-state index in [2.05, 4.69) is 9.98 Å². The first-order valence-electron chi connectivity index (χ1n) is 9.20. The van der Waals surface area contributed by atoms with Crippen LogP contribution in [0.15, 0.2) is 59.9 Å². The molecule has 0 bridgehead atoms. The van der Waals surface area contributed by atoms with Gasteiger partial charge in [-0.15, -0.1) is 0 Å². The Balaban J connectivity index is 1.80. The van der Waals surface area contributed by atoms with Crippen molar-refractivity contribution in [1.82, 2.24) is 9.88 Å². The average molecular weight is 404 g/mol. The number of hydrogen-bond acceptors (Lipinski definition) is 6. The standard InChI is InChI=1S/C22H17FN4O3/c1-27-20(28)22(26-21(27)24)15-5-3-4-6-18(15)30-19-9-17(23)14(8-16(19)22)12-7-13(29-2)11-25-10-12/h3-11H,1-2H3,(H2,24,26). The molecule has 0 saturated heterocycles. The van der Waals surface area contributed by atoms with Crippen LogP contribution >= 0.6 is 0 Å². The zero-order chi connectivity index (χ0) is 21.0. The van der Waals surface area contributed by atoms with Crippen LogP contribution in [0.2, 0.25) is 0 Å². The molecule has 2 aromatic carbocycles. The summed E-state index contributed by atoms with van der Waals surface area (Å²) < 4.78 is 26.2. The highest BCUT2D eigenvalue weighted by molar-refractivity contribution is 6.10. The fraction of sp³-hybridized carbons (Fsp3) is 0.136. The highest BCUT2D eigenvalue weighted by Crippen LogP contribution is 2.52. The van der Waals surface area contributed by atoms with E-state index in [1.54, 1.807) is 43.4 Å². The number of carbonyl (C=O) groups excluding carboxylic acids is 1. The summed E-state index contributed by atoms with van der Waals surface area (Å²) in [4.78, 5) is 23.3. The molecule has 1 unspecified atom stereocenters. The molecule has 3 heterocycles. The van der Waals surface area contributed by atoms with Crippen LogP contribution in [0.25, 0.3) is 11.1 Å². The molecular formula is C22H17FN4O3. The van der Waals surface area contributed by atoms with Crippen molar-refractivity contribution in [2.24, 2.45) is 10.7 Å². The summed E-state index contributed by atoms with van der Waals surface area (Å²) in [5.41, 5.74) is 6.29. The van der Waals surface area contributed by atoms with Crippen molar-refractivity contribution in [3.8, 4) is 28.4 Å². The lowest BCUT2D eigenvalue weighted by Gasteiger charge is -2.33. The number of aromatic nitrogens is 1. The highest BCUT2D eigenvalue weighted by atomic mass is 19.1. The average Bonchev–Trinajstić information content (AvgIpc) is 2.98. The number of para-hydroxylation sites is 1. The van der Waals surface area contributed by atoms with E-state index in [-0.39, 0.29) is 23.2 Å². The first-order valence-corrected chi connectivity index (χ1v) is 9.20. The number of pyridine rings is 1. The predicted octanol–water partition coefficient (Wildman–Crippen LogP) is 3.03. The molecule has 1 aromatic heterocycles. The molecular weight excluding hydrogens is 387 g/mol. The van der Waals surface area contributed by atoms with Crippen LogP contribution < -0.4 is 15.2 Å². The summed E-state index contributed by atoms with van der Waals surface area (Å²) in [5.74, 6) is 0.357. The van der Waals surface area contributed by atoms with E-state index in [0.29, 0.717) is 28.2 Å². The molecule has 30 heavy (non-hydrogen) atoms. The van der Waals surface area contributed by atoms with Crippen LogP contribution in [0.5, 0.6) is 17.2 Å². The van der Waals surface area contributed by atoms with Gasteiger partial charge in [-0.3, -0.25) is 14.7 Å². The first kappa shape index (κ1) is 18.1. The fourth-order valence-corrected chi connectivity index (χ4v) is 3.93. The number of guanidine groups is 1. The van der Waals surface area contributed by atoms with Crippen LogP contribution in [-0.4, -0.2) is 35.9 Å². The molecule has 0 radical (unpaired) electrons. The molecule has 2 aliphatic heterocycles. The van der Waals surface area contributed by atoms with Gasteiger partial charge in [0.25, 0.3) is 5.91 Å². The molecule has 150 valence electrons. The quantitative estimate of drug-likeness (QED) is 0.709. The van der Waals surface area contributed by atoms with E-state index in [4.69, 9.17) is 15.2 Å². The number of carbonyl (C=O) groups is 1. The number of aliphatic imine (C=N–C) groups is 1. The van der Waals surface area contributed by atoms with E-state index in [1.165, 1.54) is 30.5 Å². The third-order valence-corrected chi connectivity index (χ3v) is 5.46. The maximum Gasteiger partial charge on any atom is 0.266 e. The lowest BCUT2D eigenvalue weighted by molar-refractivity contribution is -0.129. The minimum atomic E-state index is -1.45. The first-order chi connectivity index (χ1) is 14.5. The molecule has 2 N–H and O–H groups in total. The number of benzene rings is 2. The van der Waals surface area contributed by atoms with Crippen molar-refractivity contribution in [3.05, 3.63) is 71.8 Å². The molecule has 2 aliphatic rings. The summed E-state index contributed by atoms with van der Waals surface area (Å²) in [6.07, 6.45) is 3.05. The van der Waals surface area contributed by atoms with Gasteiger partial charge in [-0.25, -0.2) is 9.38 Å². The van der Waals surface area contributed by atoms with Gasteiger partial charge < -0.3 is 15.2 Å². The zero-order valence-electron chi connectivity index (χ0n) is 16.2. The molecule has 3 aromatic rings. The van der Waals surface area contributed by atoms with Crippen molar-refractivity contribution >= 4 is 11.9 Å². The molecule has 0 fully saturated rings. The third kappa shape index (κ3) is 2.33. The normalized spacial score (nSPS) is 19.2. The zero-order valence-corrected chi connectivity index (χ0v) is 16.2. The van der Waals surface area contributed by atoms with Crippen LogP contribution in [0.4, 0.5) is 4.39 Å². The van der Waals surface area contributed by atoms with E-state index < -0.39 is 11.4 Å². The van der Waals surface area contributed by atoms with Crippen molar-refractivity contribution in [2.45, 2.75) is 5.54 Å². The number of nitrogens with zero attached hydrogens (tertiary/aromatic N) is 3. The number of nitrogens with two attached hydrogens (primary N) is 1. The number of halogens is 1. The van der Waals surface area contributed by atoms with Gasteiger partial charge in [-0.05, 0) is 18.2 Å². The van der Waals surface area contributed by atoms with Crippen LogP contribution in [0, 0.1) is 5.82 Å². The minimum absolute atomic E-state index is 0.0802. The van der Waals surface area contributed by atoms with Gasteiger partial charge in [0.2, 0.25) is 5.54 Å². The van der Waals surface area contributed by atoms with Crippen molar-refractivity contribution in [2.75, 3.05) is 14.2 Å². The third-order valence-electron chi connectivity index (χ3n) is 5.46. The Morgan fingerprint density at radius 2 is 1.93 bits per heavy atom. The van der Waals surface area contributed by atoms with E-state index in [9.17, 15) is 4.79 Å². The van der Waals surface area contributed by atoms with Gasteiger partial charge in [0, 0.05) is 41.6 Å². The molecule has 1 amide bonds. The molecule has 0 saturated carbocycles. The predicted molar refractivity (Wildman–Crippen MR) is 108 cm³/mol. The second-order valence-electron chi connectivity index (χ2n) is 7.08. The van der Waals surface area contributed by atoms with Crippen LogP contribution in [0.3, 0.4) is 0 Å². The van der Waals surface area contributed by atoms with Crippen molar-refractivity contribution in [3.63, 3.8) is 0 Å². The van der Waals surface area contributed by atoms with Crippen molar-refractivity contribution < 1.29 is 18.7 Å². The summed E-state index contributed by atoms with van der Waals surface area (Å²) in [6, 6.07) is 11.6. The summed E-state index contributed by atoms with van der Waals surface area (Å²) in [6.45, 7) is 0. The SMILES string of the molecule is COc1cncc(-c2cc3c(cc2F)Oc2ccccc2C32N=C(N)N(C)C2=O)c1. The maximum atomic E-state index is 15.1. The van der Waals surface area contributed by atoms with Gasteiger partial charge in [0.05, 0.1) is 13.3 Å². The number of rotatable bonds is 2. The summed E-state index contributed by atoms with van der Waals surface area (Å²) in [7, 11) is 3.07. The molecule has 5 rings (SSSR count). The molecule has 0 aliphatic carbocycles. The van der Waals surface area contributed by atoms with Gasteiger partial charge >= 0.3 is 0 Å². The van der Waals surface area contributed by atoms with E-state index in [1.807, 2.05) is 0 Å². The molecule has 8 heteroatoms. The number of likely N-dealkylation sites (N-methyl/N-ethyl adjacent to an activating group) is 1. The maximum absolute atomic E-state index is 15.1. The lowest BCUT2D eigenvalue weighted by Crippen LogP contribution is -2.42. The largest absolute Gasteiger partial charge is 0.495 e. The number of hydrogen-bond donors (Lipinski definition) is 1. The smallest absolute Gasteiger partial charge is 0.266 e. The van der Waals surface area contributed by atoms with Gasteiger partial charge in [0.15, 0.2) is 5.96 Å². The van der Waals surface area contributed by atoms with Crippen LogP contribution in [0.1, 0.15) is 11.1 Å². The Bertz CT molecular complexity index is 1240. The van der Waals surface area contributed by atoms with Crippen molar-refractivity contribution in [1.29, 1.82) is 0 Å².